The van der Waals surface area contributed by atoms with Gasteiger partial charge in [0.25, 0.3) is 0 Å². The molecule has 0 saturated carbocycles. The second kappa shape index (κ2) is 35.8. The summed E-state index contributed by atoms with van der Waals surface area (Å²) in [6.45, 7) is 3.55. The summed E-state index contributed by atoms with van der Waals surface area (Å²) in [6, 6.07) is 0. The van der Waals surface area contributed by atoms with Crippen LogP contribution in [0.15, 0.2) is 48.6 Å². The first kappa shape index (κ1) is 47.0. The maximum absolute atomic E-state index is 12.5. The predicted molar refractivity (Wildman–Crippen MR) is 201 cm³/mol. The van der Waals surface area contributed by atoms with Crippen LogP contribution in [-0.4, -0.2) is 49.3 Å². The van der Waals surface area contributed by atoms with Gasteiger partial charge in [-0.15, -0.1) is 0 Å². The zero-order chi connectivity index (χ0) is 36.1. The molecule has 0 aromatic rings. The molecule has 284 valence electrons. The van der Waals surface area contributed by atoms with E-state index in [0.29, 0.717) is 6.42 Å². The van der Waals surface area contributed by atoms with Crippen molar-refractivity contribution in [1.82, 2.24) is 0 Å². The van der Waals surface area contributed by atoms with Gasteiger partial charge < -0.3 is 20.1 Å². The SMILES string of the molecule is CC/C=C/C/C=C/C/C=C/C/C=C/CCCCC(=O)O[C@H](COC(=O)CCCCCCCCCCCCCCC)COP(=O)(O)OCCN. The number of phosphoric ester groups is 1. The van der Waals surface area contributed by atoms with Gasteiger partial charge in [0, 0.05) is 19.4 Å². The van der Waals surface area contributed by atoms with Crippen LogP contribution in [0, 0.1) is 0 Å². The highest BCUT2D eigenvalue weighted by atomic mass is 31.2. The van der Waals surface area contributed by atoms with E-state index >= 15 is 0 Å². The van der Waals surface area contributed by atoms with Gasteiger partial charge >= 0.3 is 19.8 Å². The molecule has 0 heterocycles. The number of carbonyl (C=O) groups is 2. The Morgan fingerprint density at radius 1 is 0.633 bits per heavy atom. The summed E-state index contributed by atoms with van der Waals surface area (Å²) in [7, 11) is -4.38. The number of unbranched alkanes of at least 4 members (excludes halogenated alkanes) is 14. The number of carbonyl (C=O) groups excluding carboxylic acids is 2. The molecule has 0 amide bonds. The van der Waals surface area contributed by atoms with Gasteiger partial charge in [-0.25, -0.2) is 4.57 Å². The Bertz CT molecular complexity index is 949. The predicted octanol–water partition coefficient (Wildman–Crippen LogP) is 10.4. The standard InChI is InChI=1S/C39H70NO8P/c1-3-5-7-9-11-13-15-17-18-20-22-24-26-28-30-32-39(42)48-37(36-47-49(43,44)46-34-33-40)35-45-38(41)31-29-27-25-23-21-19-16-14-12-10-8-6-4-2/h5,7,11,13,17-18,22,24,37H,3-4,6,8-10,12,14-16,19-21,23,25-36,40H2,1-2H3,(H,43,44)/b7-5+,13-11+,18-17+,24-22+/t37-/m1/s1. The molecular formula is C39H70NO8P. The number of nitrogens with two attached hydrogens (primary N) is 1. The molecule has 3 N–H and O–H groups in total. The van der Waals surface area contributed by atoms with E-state index in [1.807, 2.05) is 0 Å². The quantitative estimate of drug-likeness (QED) is 0.0285. The molecule has 0 aromatic carbocycles. The number of phosphoric acid groups is 1. The fourth-order valence-electron chi connectivity index (χ4n) is 4.92. The van der Waals surface area contributed by atoms with Gasteiger partial charge in [0.1, 0.15) is 6.61 Å². The minimum absolute atomic E-state index is 0.0457. The third kappa shape index (κ3) is 35.6. The topological polar surface area (TPSA) is 134 Å². The Morgan fingerprint density at radius 3 is 1.67 bits per heavy atom. The van der Waals surface area contributed by atoms with Crippen LogP contribution >= 0.6 is 7.82 Å². The lowest BCUT2D eigenvalue weighted by Gasteiger charge is -2.19. The summed E-state index contributed by atoms with van der Waals surface area (Å²) >= 11 is 0. The zero-order valence-electron chi connectivity index (χ0n) is 30.9. The number of allylic oxidation sites excluding steroid dienone is 8. The summed E-state index contributed by atoms with van der Waals surface area (Å²) in [5.74, 6) is -0.879. The molecule has 1 unspecified atom stereocenters. The first-order valence-electron chi connectivity index (χ1n) is 19.1. The lowest BCUT2D eigenvalue weighted by Crippen LogP contribution is -2.29. The van der Waals surface area contributed by atoms with Crippen molar-refractivity contribution in [2.24, 2.45) is 5.73 Å². The van der Waals surface area contributed by atoms with Gasteiger partial charge in [-0.3, -0.25) is 18.6 Å². The van der Waals surface area contributed by atoms with Gasteiger partial charge in [-0.1, -0.05) is 140 Å². The van der Waals surface area contributed by atoms with Gasteiger partial charge in [0.15, 0.2) is 6.10 Å². The molecule has 0 rings (SSSR count). The lowest BCUT2D eigenvalue weighted by atomic mass is 10.0. The highest BCUT2D eigenvalue weighted by Gasteiger charge is 2.25. The molecule has 0 bridgehead atoms. The second-order valence-corrected chi connectivity index (χ2v) is 13.9. The van der Waals surface area contributed by atoms with Gasteiger partial charge in [-0.05, 0) is 51.4 Å². The Kier molecular flexibility index (Phi) is 34.3. The first-order chi connectivity index (χ1) is 23.8. The molecular weight excluding hydrogens is 641 g/mol. The molecule has 0 fully saturated rings. The monoisotopic (exact) mass is 711 g/mol. The normalized spacial score (nSPS) is 14.0. The van der Waals surface area contributed by atoms with E-state index in [2.05, 4.69) is 62.5 Å². The summed E-state index contributed by atoms with van der Waals surface area (Å²) in [5.41, 5.74) is 5.33. The third-order valence-corrected chi connectivity index (χ3v) is 8.71. The van der Waals surface area contributed by atoms with E-state index in [1.54, 1.807) is 0 Å². The molecule has 49 heavy (non-hydrogen) atoms. The fraction of sp³-hybridized carbons (Fsp3) is 0.744. The Labute approximate surface area is 298 Å². The lowest BCUT2D eigenvalue weighted by molar-refractivity contribution is -0.161. The molecule has 0 saturated heterocycles. The van der Waals surface area contributed by atoms with Crippen molar-refractivity contribution in [2.75, 3.05) is 26.4 Å². The molecule has 0 radical (unpaired) electrons. The molecule has 0 aliphatic carbocycles. The van der Waals surface area contributed by atoms with Gasteiger partial charge in [0.2, 0.25) is 0 Å². The van der Waals surface area contributed by atoms with Crippen LogP contribution in [0.3, 0.4) is 0 Å². The van der Waals surface area contributed by atoms with E-state index in [1.165, 1.54) is 64.2 Å². The Balaban J connectivity index is 4.30. The van der Waals surface area contributed by atoms with Crippen molar-refractivity contribution in [3.05, 3.63) is 48.6 Å². The maximum Gasteiger partial charge on any atom is 0.472 e. The van der Waals surface area contributed by atoms with Crippen LogP contribution in [0.1, 0.15) is 155 Å². The minimum Gasteiger partial charge on any atom is -0.462 e. The third-order valence-electron chi connectivity index (χ3n) is 7.73. The van der Waals surface area contributed by atoms with Crippen LogP contribution in [0.25, 0.3) is 0 Å². The van der Waals surface area contributed by atoms with Crippen molar-refractivity contribution >= 4 is 19.8 Å². The van der Waals surface area contributed by atoms with E-state index in [4.69, 9.17) is 24.3 Å². The van der Waals surface area contributed by atoms with Crippen LogP contribution in [0.5, 0.6) is 0 Å². The molecule has 2 atom stereocenters. The second-order valence-electron chi connectivity index (χ2n) is 12.4. The molecule has 0 aliphatic heterocycles. The minimum atomic E-state index is -4.38. The van der Waals surface area contributed by atoms with Crippen molar-refractivity contribution in [1.29, 1.82) is 0 Å². The molecule has 9 nitrogen and oxygen atoms in total. The highest BCUT2D eigenvalue weighted by molar-refractivity contribution is 7.47. The number of rotatable bonds is 35. The highest BCUT2D eigenvalue weighted by Crippen LogP contribution is 2.43. The van der Waals surface area contributed by atoms with Crippen LogP contribution in [0.4, 0.5) is 0 Å². The average Bonchev–Trinajstić information content (AvgIpc) is 3.08. The number of esters is 2. The number of hydrogen-bond donors (Lipinski definition) is 2. The van der Waals surface area contributed by atoms with Gasteiger partial charge in [-0.2, -0.15) is 0 Å². The largest absolute Gasteiger partial charge is 0.472 e. The Hall–Kier alpha value is -2.03. The summed E-state index contributed by atoms with van der Waals surface area (Å²) in [6.07, 6.45) is 38.6. The maximum atomic E-state index is 12.5. The van der Waals surface area contributed by atoms with Crippen LogP contribution in [-0.2, 0) is 32.7 Å². The van der Waals surface area contributed by atoms with Crippen LogP contribution < -0.4 is 5.73 Å². The fourth-order valence-corrected chi connectivity index (χ4v) is 5.68. The molecule has 0 aliphatic rings. The van der Waals surface area contributed by atoms with Crippen molar-refractivity contribution in [2.45, 2.75) is 161 Å². The van der Waals surface area contributed by atoms with Crippen molar-refractivity contribution in [3.8, 4) is 0 Å². The van der Waals surface area contributed by atoms with E-state index in [-0.39, 0.29) is 32.6 Å². The van der Waals surface area contributed by atoms with Crippen LogP contribution in [0.2, 0.25) is 0 Å². The smallest absolute Gasteiger partial charge is 0.462 e. The number of ether oxygens (including phenoxy) is 2. The number of hydrogen-bond acceptors (Lipinski definition) is 8. The molecule has 0 spiro atoms. The molecule has 0 aromatic heterocycles. The summed E-state index contributed by atoms with van der Waals surface area (Å²) in [5, 5.41) is 0. The van der Waals surface area contributed by atoms with Crippen molar-refractivity contribution in [3.63, 3.8) is 0 Å². The Morgan fingerprint density at radius 2 is 1.12 bits per heavy atom. The van der Waals surface area contributed by atoms with Gasteiger partial charge in [0.05, 0.1) is 13.2 Å². The molecule has 10 heteroatoms. The summed E-state index contributed by atoms with van der Waals surface area (Å²) < 4.78 is 32.6. The van der Waals surface area contributed by atoms with E-state index in [9.17, 15) is 19.0 Å². The zero-order valence-corrected chi connectivity index (χ0v) is 31.8. The van der Waals surface area contributed by atoms with E-state index < -0.39 is 32.5 Å². The average molecular weight is 712 g/mol. The summed E-state index contributed by atoms with van der Waals surface area (Å²) in [4.78, 5) is 34.7. The van der Waals surface area contributed by atoms with Crippen molar-refractivity contribution < 1.29 is 37.6 Å². The van der Waals surface area contributed by atoms with E-state index in [0.717, 1.165) is 57.8 Å². The first-order valence-corrected chi connectivity index (χ1v) is 20.6.